The van der Waals surface area contributed by atoms with Crippen LogP contribution >= 0.6 is 15.9 Å². The first-order valence-electron chi connectivity index (χ1n) is 12.1. The molecule has 184 valence electrons. The number of Topliss-reactive ketones (excluding diaryl/α,β-unsaturated/α-hetero) is 1. The van der Waals surface area contributed by atoms with Gasteiger partial charge in [-0.05, 0) is 54.8 Å². The van der Waals surface area contributed by atoms with E-state index < -0.39 is 17.7 Å². The predicted octanol–water partition coefficient (Wildman–Crippen LogP) is 3.92. The normalized spacial score (nSPS) is 24.0. The van der Waals surface area contributed by atoms with Crippen molar-refractivity contribution in [3.8, 4) is 5.75 Å². The number of ketones is 1. The predicted molar refractivity (Wildman–Crippen MR) is 135 cm³/mol. The number of morpholine rings is 1. The summed E-state index contributed by atoms with van der Waals surface area (Å²) in [5, 5.41) is 11.3. The number of hydrogen-bond donors (Lipinski definition) is 1. The molecule has 1 amide bonds. The second-order valence-corrected chi connectivity index (χ2v) is 10.2. The van der Waals surface area contributed by atoms with Crippen LogP contribution in [0.3, 0.4) is 0 Å². The molecule has 5 rings (SSSR count). The van der Waals surface area contributed by atoms with Gasteiger partial charge in [0.15, 0.2) is 0 Å². The summed E-state index contributed by atoms with van der Waals surface area (Å²) in [4.78, 5) is 30.4. The van der Waals surface area contributed by atoms with E-state index in [4.69, 9.17) is 9.47 Å². The largest absolute Gasteiger partial charge is 0.507 e. The van der Waals surface area contributed by atoms with E-state index >= 15 is 0 Å². The first-order valence-corrected chi connectivity index (χ1v) is 12.9. The van der Waals surface area contributed by atoms with Crippen LogP contribution in [0, 0.1) is 0 Å². The molecule has 2 saturated heterocycles. The van der Waals surface area contributed by atoms with E-state index in [0.29, 0.717) is 25.3 Å². The maximum Gasteiger partial charge on any atom is 0.295 e. The van der Waals surface area contributed by atoms with Crippen molar-refractivity contribution in [2.24, 2.45) is 0 Å². The molecule has 3 aliphatic heterocycles. The number of carbonyl (C=O) groups is 2. The lowest BCUT2D eigenvalue weighted by Crippen LogP contribution is -2.38. The highest BCUT2D eigenvalue weighted by molar-refractivity contribution is 9.10. The van der Waals surface area contributed by atoms with Crippen LogP contribution in [0.2, 0.25) is 0 Å². The fourth-order valence-corrected chi connectivity index (χ4v) is 5.38. The Labute approximate surface area is 213 Å². The van der Waals surface area contributed by atoms with E-state index in [1.54, 1.807) is 11.0 Å². The molecule has 0 radical (unpaired) electrons. The summed E-state index contributed by atoms with van der Waals surface area (Å²) in [5.41, 5.74) is 2.44. The molecule has 7 nitrogen and oxygen atoms in total. The Balaban J connectivity index is 1.47. The Bertz CT molecular complexity index is 1160. The number of aliphatic hydroxyl groups excluding tert-OH is 1. The van der Waals surface area contributed by atoms with Gasteiger partial charge in [0.1, 0.15) is 17.6 Å². The van der Waals surface area contributed by atoms with Gasteiger partial charge >= 0.3 is 0 Å². The van der Waals surface area contributed by atoms with E-state index in [9.17, 15) is 14.7 Å². The van der Waals surface area contributed by atoms with Crippen LogP contribution in [0.25, 0.3) is 5.76 Å². The van der Waals surface area contributed by atoms with Crippen molar-refractivity contribution in [3.63, 3.8) is 0 Å². The average Bonchev–Trinajstić information content (AvgIpc) is 3.36. The minimum Gasteiger partial charge on any atom is -0.507 e. The first-order chi connectivity index (χ1) is 16.9. The molecule has 8 heteroatoms. The van der Waals surface area contributed by atoms with Crippen LogP contribution in [-0.4, -0.2) is 72.1 Å². The lowest BCUT2D eigenvalue weighted by Gasteiger charge is -2.29. The molecule has 35 heavy (non-hydrogen) atoms. The Morgan fingerprint density at radius 1 is 1.09 bits per heavy atom. The minimum atomic E-state index is -0.646. The van der Waals surface area contributed by atoms with Crippen molar-refractivity contribution in [2.75, 3.05) is 39.4 Å². The van der Waals surface area contributed by atoms with E-state index in [0.717, 1.165) is 53.8 Å². The lowest BCUT2D eigenvalue weighted by molar-refractivity contribution is -0.140. The molecule has 2 atom stereocenters. The van der Waals surface area contributed by atoms with Gasteiger partial charge in [-0.25, -0.2) is 0 Å². The van der Waals surface area contributed by atoms with Crippen molar-refractivity contribution in [3.05, 3.63) is 69.2 Å². The number of rotatable bonds is 6. The van der Waals surface area contributed by atoms with Gasteiger partial charge in [0.25, 0.3) is 11.7 Å². The maximum atomic E-state index is 13.3. The maximum absolute atomic E-state index is 13.3. The van der Waals surface area contributed by atoms with Crippen LogP contribution in [0.4, 0.5) is 0 Å². The Morgan fingerprint density at radius 3 is 2.57 bits per heavy atom. The summed E-state index contributed by atoms with van der Waals surface area (Å²) >= 11 is 3.46. The van der Waals surface area contributed by atoms with Gasteiger partial charge < -0.3 is 19.5 Å². The Morgan fingerprint density at radius 2 is 1.83 bits per heavy atom. The zero-order valence-electron chi connectivity index (χ0n) is 19.7. The molecule has 0 saturated carbocycles. The van der Waals surface area contributed by atoms with Crippen molar-refractivity contribution in [2.45, 2.75) is 31.9 Å². The Kier molecular flexibility index (Phi) is 6.95. The van der Waals surface area contributed by atoms with Crippen molar-refractivity contribution in [1.82, 2.24) is 9.80 Å². The minimum absolute atomic E-state index is 0.0715. The summed E-state index contributed by atoms with van der Waals surface area (Å²) in [6, 6.07) is 12.3. The zero-order chi connectivity index (χ0) is 24.5. The van der Waals surface area contributed by atoms with Crippen LogP contribution in [-0.2, 0) is 20.7 Å². The van der Waals surface area contributed by atoms with E-state index in [1.807, 2.05) is 43.3 Å². The fraction of sp³-hybridized carbons (Fsp3) is 0.407. The molecule has 0 spiro atoms. The summed E-state index contributed by atoms with van der Waals surface area (Å²) in [5.74, 6) is -0.567. The summed E-state index contributed by atoms with van der Waals surface area (Å²) in [6.07, 6.45) is 1.54. The first kappa shape index (κ1) is 24.0. The summed E-state index contributed by atoms with van der Waals surface area (Å²) < 4.78 is 12.1. The monoisotopic (exact) mass is 540 g/mol. The van der Waals surface area contributed by atoms with Crippen LogP contribution in [0.5, 0.6) is 5.75 Å². The van der Waals surface area contributed by atoms with Gasteiger partial charge in [-0.3, -0.25) is 14.5 Å². The number of halogens is 1. The number of amides is 1. The van der Waals surface area contributed by atoms with Crippen molar-refractivity contribution in [1.29, 1.82) is 0 Å². The molecule has 2 unspecified atom stereocenters. The third-order valence-electron chi connectivity index (χ3n) is 6.87. The summed E-state index contributed by atoms with van der Waals surface area (Å²) in [7, 11) is 0. The number of nitrogens with zero attached hydrogens (tertiary/aromatic N) is 2. The smallest absolute Gasteiger partial charge is 0.295 e. The van der Waals surface area contributed by atoms with Crippen LogP contribution in [0.1, 0.15) is 36.1 Å². The zero-order valence-corrected chi connectivity index (χ0v) is 21.3. The van der Waals surface area contributed by atoms with Gasteiger partial charge in [-0.15, -0.1) is 0 Å². The number of ether oxygens (including phenoxy) is 2. The van der Waals surface area contributed by atoms with E-state index in [1.165, 1.54) is 0 Å². The highest BCUT2D eigenvalue weighted by atomic mass is 79.9. The Hall–Kier alpha value is -2.68. The third-order valence-corrected chi connectivity index (χ3v) is 7.40. The van der Waals surface area contributed by atoms with E-state index in [-0.39, 0.29) is 17.4 Å². The van der Waals surface area contributed by atoms with Gasteiger partial charge in [0.05, 0.1) is 24.8 Å². The number of hydrogen-bond acceptors (Lipinski definition) is 6. The molecule has 2 aromatic carbocycles. The second kappa shape index (κ2) is 10.1. The van der Waals surface area contributed by atoms with Crippen LogP contribution < -0.4 is 4.74 Å². The third kappa shape index (κ3) is 4.87. The molecule has 3 aliphatic rings. The number of carbonyl (C=O) groups excluding carboxylic acids is 2. The number of likely N-dealkylation sites (tertiary alicyclic amines) is 1. The molecule has 3 heterocycles. The summed E-state index contributed by atoms with van der Waals surface area (Å²) in [6.45, 7) is 6.42. The number of fused-ring (bicyclic) bond motifs is 1. The van der Waals surface area contributed by atoms with Gasteiger partial charge in [-0.1, -0.05) is 28.1 Å². The molecule has 0 aliphatic carbocycles. The second-order valence-electron chi connectivity index (χ2n) is 9.31. The van der Waals surface area contributed by atoms with Gasteiger partial charge in [-0.2, -0.15) is 0 Å². The molecule has 2 aromatic rings. The lowest BCUT2D eigenvalue weighted by atomic mass is 9.94. The molecule has 2 fully saturated rings. The number of aliphatic hydroxyl groups is 1. The van der Waals surface area contributed by atoms with Gasteiger partial charge in [0.2, 0.25) is 0 Å². The highest BCUT2D eigenvalue weighted by Crippen LogP contribution is 2.41. The van der Waals surface area contributed by atoms with Crippen molar-refractivity contribution < 1.29 is 24.2 Å². The van der Waals surface area contributed by atoms with Crippen molar-refractivity contribution >= 4 is 33.4 Å². The molecule has 1 N–H and O–H groups in total. The molecular formula is C27H29BrN2O5. The van der Waals surface area contributed by atoms with E-state index in [2.05, 4.69) is 20.8 Å². The molecular weight excluding hydrogens is 512 g/mol. The van der Waals surface area contributed by atoms with Crippen LogP contribution in [0.15, 0.2) is 52.5 Å². The van der Waals surface area contributed by atoms with Gasteiger partial charge in [0, 0.05) is 42.6 Å². The SMILES string of the molecule is CC1Cc2cc(/C(O)=C3\C(=O)C(=O)N(CCCN4CCOCC4)C3c3ccc(Br)cc3)ccc2O1. The average molecular weight is 541 g/mol. The molecule has 0 aromatic heterocycles. The highest BCUT2D eigenvalue weighted by Gasteiger charge is 2.45. The number of benzene rings is 2. The standard InChI is InChI=1S/C27H29BrN2O5/c1-17-15-20-16-19(5-8-22(20)35-17)25(31)23-24(18-3-6-21(28)7-4-18)30(27(33)26(23)32)10-2-9-29-11-13-34-14-12-29/h3-8,16-17,24,31H,2,9-15H2,1H3/b25-23+. The fourth-order valence-electron chi connectivity index (χ4n) is 5.12. The molecule has 0 bridgehead atoms. The quantitative estimate of drug-likeness (QED) is 0.340. The topological polar surface area (TPSA) is 79.3 Å².